The van der Waals surface area contributed by atoms with Crippen LogP contribution in [0.3, 0.4) is 0 Å². The molecule has 1 fully saturated rings. The highest BCUT2D eigenvalue weighted by atomic mass is 28.3. The van der Waals surface area contributed by atoms with E-state index in [-0.39, 0.29) is 11.7 Å². The van der Waals surface area contributed by atoms with E-state index in [1.165, 1.54) is 0 Å². The number of ether oxygens (including phenoxy) is 1. The van der Waals surface area contributed by atoms with E-state index < -0.39 is 9.76 Å². The summed E-state index contributed by atoms with van der Waals surface area (Å²) < 4.78 is 10.4. The van der Waals surface area contributed by atoms with Gasteiger partial charge in [-0.2, -0.15) is 0 Å². The third-order valence-corrected chi connectivity index (χ3v) is 4.09. The largest absolute Gasteiger partial charge is 0.465 e. The molecule has 0 radical (unpaired) electrons. The molecule has 0 saturated carbocycles. The van der Waals surface area contributed by atoms with Gasteiger partial charge in [-0.3, -0.25) is 4.79 Å². The number of hydrogen-bond acceptors (Lipinski definition) is 3. The summed E-state index contributed by atoms with van der Waals surface area (Å²) in [6.07, 6.45) is 3.74. The minimum Gasteiger partial charge on any atom is -0.465 e. The zero-order valence-electron chi connectivity index (χ0n) is 6.84. The van der Waals surface area contributed by atoms with Crippen LogP contribution in [-0.2, 0) is 13.6 Å². The molecule has 3 nitrogen and oxygen atoms in total. The predicted molar refractivity (Wildman–Crippen MR) is 47.9 cm³/mol. The van der Waals surface area contributed by atoms with Gasteiger partial charge < -0.3 is 8.85 Å². The van der Waals surface area contributed by atoms with E-state index in [4.69, 9.17) is 8.85 Å². The second kappa shape index (κ2) is 4.68. The molecule has 0 bridgehead atoms. The summed E-state index contributed by atoms with van der Waals surface area (Å²) >= 11 is 0. The van der Waals surface area contributed by atoms with Crippen LogP contribution in [-0.4, -0.2) is 31.9 Å². The minimum atomic E-state index is -0.559. The summed E-state index contributed by atoms with van der Waals surface area (Å²) in [5.41, 5.74) is 0.169. The van der Waals surface area contributed by atoms with E-state index in [2.05, 4.69) is 0 Å². The molecular weight excluding hydrogens is 176 g/mol. The lowest BCUT2D eigenvalue weighted by Gasteiger charge is -2.12. The molecule has 0 aromatic rings. The van der Waals surface area contributed by atoms with E-state index >= 15 is 0 Å². The van der Waals surface area contributed by atoms with Gasteiger partial charge in [-0.1, -0.05) is 0 Å². The van der Waals surface area contributed by atoms with Gasteiger partial charge in [0.05, 0.1) is 0 Å². The Balaban J connectivity index is 2.33. The van der Waals surface area contributed by atoms with Crippen molar-refractivity contribution in [2.24, 2.45) is 0 Å². The molecule has 0 spiro atoms. The predicted octanol–water partition coefficient (Wildman–Crippen LogP) is -1.19. The van der Waals surface area contributed by atoms with Gasteiger partial charge in [0, 0.05) is 6.42 Å². The zero-order chi connectivity index (χ0) is 8.10. The van der Waals surface area contributed by atoms with E-state index in [9.17, 15) is 4.79 Å². The van der Waals surface area contributed by atoms with Crippen LogP contribution in [0.5, 0.6) is 0 Å². The molecule has 1 heterocycles. The summed E-state index contributed by atoms with van der Waals surface area (Å²) in [4.78, 5) is 10.9. The fourth-order valence-corrected chi connectivity index (χ4v) is 3.44. The van der Waals surface area contributed by atoms with E-state index in [1.54, 1.807) is 0 Å². The average Bonchev–Trinajstić information content (AvgIpc) is 2.15. The molecule has 1 saturated heterocycles. The van der Waals surface area contributed by atoms with Gasteiger partial charge in [0.1, 0.15) is 16.2 Å². The lowest BCUT2D eigenvalue weighted by molar-refractivity contribution is -0.144. The van der Waals surface area contributed by atoms with Gasteiger partial charge in [0.15, 0.2) is 9.76 Å². The molecule has 1 aliphatic rings. The fourth-order valence-electron chi connectivity index (χ4n) is 1.25. The van der Waals surface area contributed by atoms with Crippen molar-refractivity contribution in [1.82, 2.24) is 0 Å². The van der Waals surface area contributed by atoms with Gasteiger partial charge in [-0.05, 0) is 19.3 Å². The monoisotopic (exact) mass is 190 g/mol. The lowest BCUT2D eigenvalue weighted by atomic mass is 10.2. The first-order valence-electron chi connectivity index (χ1n) is 4.01. The van der Waals surface area contributed by atoms with Crippen molar-refractivity contribution in [2.75, 3.05) is 0 Å². The Labute approximate surface area is 71.9 Å². The summed E-state index contributed by atoms with van der Waals surface area (Å²) in [5.74, 6) is -0.0290. The molecule has 1 unspecified atom stereocenters. The van der Waals surface area contributed by atoms with Crippen molar-refractivity contribution < 1.29 is 13.6 Å². The SMILES string of the molecule is O=C1CCCCC([SiH2]O[SiH3])O1. The Morgan fingerprint density at radius 1 is 1.64 bits per heavy atom. The lowest BCUT2D eigenvalue weighted by Crippen LogP contribution is -2.24. The normalized spacial score (nSPS) is 27.3. The van der Waals surface area contributed by atoms with Gasteiger partial charge in [0.2, 0.25) is 0 Å². The Kier molecular flexibility index (Phi) is 3.81. The smallest absolute Gasteiger partial charge is 0.305 e. The Morgan fingerprint density at radius 3 is 3.18 bits per heavy atom. The summed E-state index contributed by atoms with van der Waals surface area (Å²) in [6.45, 7) is 0. The fraction of sp³-hybridized carbons (Fsp3) is 0.833. The van der Waals surface area contributed by atoms with Gasteiger partial charge >= 0.3 is 5.97 Å². The number of esters is 1. The quantitative estimate of drug-likeness (QED) is 0.406. The van der Waals surface area contributed by atoms with Gasteiger partial charge in [0.25, 0.3) is 0 Å². The van der Waals surface area contributed by atoms with Crippen LogP contribution in [0.4, 0.5) is 0 Å². The van der Waals surface area contributed by atoms with Crippen LogP contribution in [0.2, 0.25) is 0 Å². The molecule has 0 amide bonds. The highest BCUT2D eigenvalue weighted by Gasteiger charge is 2.17. The molecule has 0 aromatic heterocycles. The van der Waals surface area contributed by atoms with Crippen molar-refractivity contribution in [2.45, 2.75) is 31.4 Å². The molecular formula is C6H14O3Si2. The van der Waals surface area contributed by atoms with Crippen molar-refractivity contribution in [3.8, 4) is 0 Å². The van der Waals surface area contributed by atoms with Gasteiger partial charge in [-0.25, -0.2) is 0 Å². The zero-order valence-corrected chi connectivity index (χ0v) is 10.3. The maximum absolute atomic E-state index is 10.9. The van der Waals surface area contributed by atoms with Crippen LogP contribution in [0.25, 0.3) is 0 Å². The van der Waals surface area contributed by atoms with E-state index in [0.29, 0.717) is 6.42 Å². The molecule has 0 N–H and O–H groups in total. The van der Waals surface area contributed by atoms with Crippen molar-refractivity contribution >= 4 is 26.2 Å². The number of hydrogen-bond donors (Lipinski definition) is 0. The Bertz CT molecular complexity index is 140. The topological polar surface area (TPSA) is 35.5 Å². The van der Waals surface area contributed by atoms with Crippen LogP contribution in [0, 0.1) is 0 Å². The van der Waals surface area contributed by atoms with Crippen molar-refractivity contribution in [3.05, 3.63) is 0 Å². The number of carbonyl (C=O) groups is 1. The first-order chi connectivity index (χ1) is 5.33. The molecule has 64 valence electrons. The number of rotatable bonds is 2. The molecule has 0 aromatic carbocycles. The second-order valence-corrected chi connectivity index (χ2v) is 6.37. The maximum Gasteiger partial charge on any atom is 0.305 e. The number of carbonyl (C=O) groups excluding carboxylic acids is 1. The third kappa shape index (κ3) is 3.17. The highest BCUT2D eigenvalue weighted by Crippen LogP contribution is 2.12. The third-order valence-electron chi connectivity index (χ3n) is 1.81. The first kappa shape index (κ1) is 8.96. The Morgan fingerprint density at radius 2 is 2.45 bits per heavy atom. The summed E-state index contributed by atoms with van der Waals surface area (Å²) in [5, 5.41) is 0. The van der Waals surface area contributed by atoms with E-state index in [0.717, 1.165) is 29.7 Å². The van der Waals surface area contributed by atoms with Crippen LogP contribution >= 0.6 is 0 Å². The van der Waals surface area contributed by atoms with Crippen molar-refractivity contribution in [1.29, 1.82) is 0 Å². The maximum atomic E-state index is 10.9. The molecule has 1 aliphatic heterocycles. The van der Waals surface area contributed by atoms with Crippen LogP contribution in [0.15, 0.2) is 0 Å². The molecule has 1 rings (SSSR count). The van der Waals surface area contributed by atoms with Gasteiger partial charge in [-0.15, -0.1) is 0 Å². The first-order valence-corrected chi connectivity index (χ1v) is 6.22. The minimum absolute atomic E-state index is 0.0290. The molecule has 11 heavy (non-hydrogen) atoms. The molecule has 1 atom stereocenters. The second-order valence-electron chi connectivity index (χ2n) is 2.81. The standard InChI is InChI=1S/C6H14O3Si2/c7-5-3-1-2-4-6(8-5)11-9-10/h6H,1-4,11H2,10H3. The van der Waals surface area contributed by atoms with E-state index in [1.807, 2.05) is 0 Å². The summed E-state index contributed by atoms with van der Waals surface area (Å²) in [7, 11) is 0.226. The molecule has 5 heteroatoms. The van der Waals surface area contributed by atoms with Crippen LogP contribution < -0.4 is 0 Å². The highest BCUT2D eigenvalue weighted by molar-refractivity contribution is 6.36. The summed E-state index contributed by atoms with van der Waals surface area (Å²) in [6, 6.07) is 0. The Hall–Kier alpha value is -0.136. The van der Waals surface area contributed by atoms with Crippen molar-refractivity contribution in [3.63, 3.8) is 0 Å². The molecule has 0 aliphatic carbocycles. The average molecular weight is 190 g/mol. The van der Waals surface area contributed by atoms with Crippen LogP contribution in [0.1, 0.15) is 25.7 Å². The number of cyclic esters (lactones) is 1.